The van der Waals surface area contributed by atoms with Crippen molar-refractivity contribution < 1.29 is 14.2 Å². The van der Waals surface area contributed by atoms with Crippen LogP contribution in [0.1, 0.15) is 31.7 Å². The predicted octanol–water partition coefficient (Wildman–Crippen LogP) is 2.65. The summed E-state index contributed by atoms with van der Waals surface area (Å²) < 4.78 is 19.2. The van der Waals surface area contributed by atoms with Crippen molar-refractivity contribution in [1.29, 1.82) is 0 Å². The van der Waals surface area contributed by atoms with Gasteiger partial charge in [-0.1, -0.05) is 13.0 Å². The largest absolute Gasteiger partial charge is 0.491 e. The molecule has 3 nitrogen and oxygen atoms in total. The molecule has 1 aromatic rings. The van der Waals surface area contributed by atoms with Gasteiger partial charge in [-0.05, 0) is 50.3 Å². The molecule has 0 heterocycles. The summed E-state index contributed by atoms with van der Waals surface area (Å²) >= 11 is 0. The van der Waals surface area contributed by atoms with Crippen molar-refractivity contribution in [3.05, 3.63) is 29.6 Å². The average molecular weight is 281 g/mol. The summed E-state index contributed by atoms with van der Waals surface area (Å²) in [6.45, 7) is 5.09. The van der Waals surface area contributed by atoms with Gasteiger partial charge in [0.2, 0.25) is 0 Å². The smallest absolute Gasteiger partial charge is 0.129 e. The lowest BCUT2D eigenvalue weighted by molar-refractivity contribution is 0.0849. The molecule has 1 fully saturated rings. The van der Waals surface area contributed by atoms with Gasteiger partial charge in [0, 0.05) is 6.07 Å². The molecule has 0 aromatic heterocycles. The van der Waals surface area contributed by atoms with Gasteiger partial charge >= 0.3 is 0 Å². The van der Waals surface area contributed by atoms with Crippen molar-refractivity contribution in [3.63, 3.8) is 0 Å². The van der Waals surface area contributed by atoms with Crippen LogP contribution >= 0.6 is 0 Å². The summed E-state index contributed by atoms with van der Waals surface area (Å²) in [5.74, 6) is 0.712. The van der Waals surface area contributed by atoms with Crippen LogP contribution in [-0.2, 0) is 0 Å². The first-order valence-corrected chi connectivity index (χ1v) is 7.36. The Hall–Kier alpha value is -1.13. The van der Waals surface area contributed by atoms with E-state index < -0.39 is 5.54 Å². The molecule has 2 N–H and O–H groups in total. The van der Waals surface area contributed by atoms with E-state index in [1.807, 2.05) is 0 Å². The highest BCUT2D eigenvalue weighted by atomic mass is 19.1. The second-order valence-corrected chi connectivity index (χ2v) is 5.71. The van der Waals surface area contributed by atoms with Gasteiger partial charge in [-0.3, -0.25) is 0 Å². The molecule has 1 unspecified atom stereocenters. The molecule has 4 heteroatoms. The van der Waals surface area contributed by atoms with Crippen LogP contribution in [-0.4, -0.2) is 30.4 Å². The molecule has 20 heavy (non-hydrogen) atoms. The van der Waals surface area contributed by atoms with Crippen LogP contribution in [0.25, 0.3) is 0 Å². The van der Waals surface area contributed by atoms with Crippen molar-refractivity contribution in [3.8, 4) is 5.75 Å². The van der Waals surface area contributed by atoms with Gasteiger partial charge in [-0.25, -0.2) is 4.39 Å². The molecule has 1 aromatic carbocycles. The number of hydrogen-bond acceptors (Lipinski definition) is 3. The Morgan fingerprint density at radius 3 is 2.75 bits per heavy atom. The van der Waals surface area contributed by atoms with E-state index >= 15 is 0 Å². The van der Waals surface area contributed by atoms with Gasteiger partial charge in [-0.15, -0.1) is 0 Å². The summed E-state index contributed by atoms with van der Waals surface area (Å²) in [5.41, 5.74) is 0.217. The van der Waals surface area contributed by atoms with E-state index in [9.17, 15) is 9.50 Å². The number of nitrogens with one attached hydrogen (secondary N) is 1. The van der Waals surface area contributed by atoms with Crippen LogP contribution in [0.15, 0.2) is 18.2 Å². The highest BCUT2D eigenvalue weighted by Crippen LogP contribution is 2.40. The second-order valence-electron chi connectivity index (χ2n) is 5.71. The Labute approximate surface area is 120 Å². The number of halogens is 1. The van der Waals surface area contributed by atoms with Gasteiger partial charge in [-0.2, -0.15) is 0 Å². The third-order valence-corrected chi connectivity index (χ3v) is 4.01. The molecule has 0 saturated heterocycles. The first-order chi connectivity index (χ1) is 9.61. The fourth-order valence-corrected chi connectivity index (χ4v) is 2.43. The summed E-state index contributed by atoms with van der Waals surface area (Å²) in [5, 5.41) is 13.2. The Morgan fingerprint density at radius 2 is 2.20 bits per heavy atom. The number of aliphatic hydroxyl groups excluding tert-OH is 1. The van der Waals surface area contributed by atoms with Crippen molar-refractivity contribution in [2.24, 2.45) is 5.92 Å². The number of aliphatic hydroxyl groups is 1. The molecule has 0 aliphatic heterocycles. The third kappa shape index (κ3) is 3.49. The molecule has 2 rings (SSSR count). The zero-order valence-electron chi connectivity index (χ0n) is 12.3. The lowest BCUT2D eigenvalue weighted by Crippen LogP contribution is -2.55. The average Bonchev–Trinajstić information content (AvgIpc) is 3.28. The van der Waals surface area contributed by atoms with Crippen LogP contribution in [0, 0.1) is 18.7 Å². The van der Waals surface area contributed by atoms with Crippen molar-refractivity contribution in [1.82, 2.24) is 5.32 Å². The lowest BCUT2D eigenvalue weighted by atomic mass is 9.95. The number of rotatable bonds is 8. The molecule has 1 aliphatic rings. The number of benzene rings is 1. The second kappa shape index (κ2) is 6.55. The van der Waals surface area contributed by atoms with E-state index in [1.54, 1.807) is 19.1 Å². The molecule has 1 atom stereocenters. The van der Waals surface area contributed by atoms with Crippen molar-refractivity contribution in [2.45, 2.75) is 38.6 Å². The van der Waals surface area contributed by atoms with Gasteiger partial charge in [0.15, 0.2) is 0 Å². The quantitative estimate of drug-likeness (QED) is 0.769. The zero-order chi connectivity index (χ0) is 14.6. The van der Waals surface area contributed by atoms with E-state index in [2.05, 4.69) is 12.2 Å². The maximum atomic E-state index is 13.5. The fourth-order valence-electron chi connectivity index (χ4n) is 2.43. The molecule has 1 aliphatic carbocycles. The SMILES string of the molecule is CCCNC(CO)(COc1ccc(C)c(F)c1)C1CC1. The number of aryl methyl sites for hydroxylation is 1. The molecule has 112 valence electrons. The normalized spacial score (nSPS) is 17.8. The minimum atomic E-state index is -0.391. The Balaban J connectivity index is 2.02. The third-order valence-electron chi connectivity index (χ3n) is 4.01. The van der Waals surface area contributed by atoms with E-state index in [4.69, 9.17) is 4.74 Å². The van der Waals surface area contributed by atoms with Gasteiger partial charge in [0.1, 0.15) is 18.2 Å². The summed E-state index contributed by atoms with van der Waals surface area (Å²) in [6, 6.07) is 4.89. The molecule has 1 saturated carbocycles. The van der Waals surface area contributed by atoms with Crippen LogP contribution in [0.2, 0.25) is 0 Å². The summed E-state index contributed by atoms with van der Waals surface area (Å²) in [7, 11) is 0. The van der Waals surface area contributed by atoms with E-state index in [-0.39, 0.29) is 12.4 Å². The van der Waals surface area contributed by atoms with Crippen molar-refractivity contribution >= 4 is 0 Å². The Bertz CT molecular complexity index is 448. The van der Waals surface area contributed by atoms with Crippen molar-refractivity contribution in [2.75, 3.05) is 19.8 Å². The highest BCUT2D eigenvalue weighted by Gasteiger charge is 2.45. The molecule has 0 spiro atoms. The highest BCUT2D eigenvalue weighted by molar-refractivity contribution is 5.28. The maximum Gasteiger partial charge on any atom is 0.129 e. The van der Waals surface area contributed by atoms with Crippen LogP contribution in [0.3, 0.4) is 0 Å². The maximum absolute atomic E-state index is 13.5. The standard InChI is InChI=1S/C16H24FNO2/c1-3-8-18-16(10-19,13-5-6-13)11-20-14-7-4-12(2)15(17)9-14/h4,7,9,13,18-19H,3,5-6,8,10-11H2,1-2H3. The van der Waals surface area contributed by atoms with E-state index in [1.165, 1.54) is 6.07 Å². The van der Waals surface area contributed by atoms with Crippen LogP contribution < -0.4 is 10.1 Å². The fraction of sp³-hybridized carbons (Fsp3) is 0.625. The number of ether oxygens (including phenoxy) is 1. The van der Waals surface area contributed by atoms with Crippen LogP contribution in [0.5, 0.6) is 5.75 Å². The monoisotopic (exact) mass is 281 g/mol. The first kappa shape index (κ1) is 15.3. The van der Waals surface area contributed by atoms with Gasteiger partial charge < -0.3 is 15.2 Å². The van der Waals surface area contributed by atoms with Gasteiger partial charge in [0.25, 0.3) is 0 Å². The molecular formula is C16H24FNO2. The lowest BCUT2D eigenvalue weighted by Gasteiger charge is -2.33. The topological polar surface area (TPSA) is 41.5 Å². The molecule has 0 radical (unpaired) electrons. The molecular weight excluding hydrogens is 257 g/mol. The predicted molar refractivity (Wildman–Crippen MR) is 77.5 cm³/mol. The van der Waals surface area contributed by atoms with Gasteiger partial charge in [0.05, 0.1) is 12.1 Å². The first-order valence-electron chi connectivity index (χ1n) is 7.36. The minimum Gasteiger partial charge on any atom is -0.491 e. The van der Waals surface area contributed by atoms with E-state index in [0.717, 1.165) is 25.8 Å². The summed E-state index contributed by atoms with van der Waals surface area (Å²) in [6.07, 6.45) is 3.24. The summed E-state index contributed by atoms with van der Waals surface area (Å²) in [4.78, 5) is 0. The molecule has 0 amide bonds. The Kier molecular flexibility index (Phi) is 5.00. The van der Waals surface area contributed by atoms with Crippen LogP contribution in [0.4, 0.5) is 4.39 Å². The molecule has 0 bridgehead atoms. The zero-order valence-corrected chi connectivity index (χ0v) is 12.3. The Morgan fingerprint density at radius 1 is 1.45 bits per heavy atom. The van der Waals surface area contributed by atoms with E-state index in [0.29, 0.717) is 23.8 Å². The minimum absolute atomic E-state index is 0.0476. The number of hydrogen-bond donors (Lipinski definition) is 2.